The molecule has 92 valence electrons. The Balaban J connectivity index is 1.86. The van der Waals surface area contributed by atoms with E-state index in [9.17, 15) is 0 Å². The van der Waals surface area contributed by atoms with Crippen molar-refractivity contribution in [2.24, 2.45) is 5.73 Å². The molecule has 0 amide bonds. The smallest absolute Gasteiger partial charge is 0.0981 e. The van der Waals surface area contributed by atoms with Crippen molar-refractivity contribution in [2.45, 2.75) is 25.5 Å². The fourth-order valence-corrected chi connectivity index (χ4v) is 3.10. The molecule has 0 fully saturated rings. The fourth-order valence-electron chi connectivity index (χ4n) is 1.73. The van der Waals surface area contributed by atoms with Gasteiger partial charge in [0.15, 0.2) is 0 Å². The van der Waals surface area contributed by atoms with Gasteiger partial charge in [-0.2, -0.15) is 11.3 Å². The van der Waals surface area contributed by atoms with E-state index >= 15 is 0 Å². The molecule has 2 aromatic heterocycles. The van der Waals surface area contributed by atoms with Crippen molar-refractivity contribution in [3.05, 3.63) is 44.8 Å². The van der Waals surface area contributed by atoms with Gasteiger partial charge in [-0.15, -0.1) is 11.3 Å². The van der Waals surface area contributed by atoms with Crippen LogP contribution in [0.5, 0.6) is 0 Å². The van der Waals surface area contributed by atoms with Crippen LogP contribution in [0.1, 0.15) is 23.5 Å². The molecule has 2 heterocycles. The summed E-state index contributed by atoms with van der Waals surface area (Å²) in [6.45, 7) is 2.72. The maximum Gasteiger partial charge on any atom is 0.0981 e. The Kier molecular flexibility index (Phi) is 4.74. The molecule has 2 atom stereocenters. The highest BCUT2D eigenvalue weighted by atomic mass is 32.1. The zero-order valence-corrected chi connectivity index (χ0v) is 11.5. The normalized spacial score (nSPS) is 14.7. The molecular formula is C13H17NOS2. The third kappa shape index (κ3) is 3.64. The lowest BCUT2D eigenvalue weighted by Gasteiger charge is -2.20. The van der Waals surface area contributed by atoms with Gasteiger partial charge in [-0.3, -0.25) is 0 Å². The number of hydrogen-bond acceptors (Lipinski definition) is 4. The lowest BCUT2D eigenvalue weighted by atomic mass is 10.1. The molecule has 0 saturated heterocycles. The molecule has 0 aliphatic rings. The van der Waals surface area contributed by atoms with Crippen molar-refractivity contribution < 1.29 is 4.74 Å². The number of ether oxygens (including phenoxy) is 1. The first kappa shape index (κ1) is 12.8. The standard InChI is InChI=1S/C13H17NOS2/c1-10(14)13(11-5-8-16-9-11)15-6-4-12-3-2-7-17-12/h2-3,5,7-10,13H,4,6,14H2,1H3. The summed E-state index contributed by atoms with van der Waals surface area (Å²) in [4.78, 5) is 1.36. The summed E-state index contributed by atoms with van der Waals surface area (Å²) in [5, 5.41) is 6.27. The van der Waals surface area contributed by atoms with Crippen molar-refractivity contribution in [2.75, 3.05) is 6.61 Å². The summed E-state index contributed by atoms with van der Waals surface area (Å²) in [5.41, 5.74) is 7.16. The Morgan fingerprint density at radius 1 is 1.35 bits per heavy atom. The van der Waals surface area contributed by atoms with E-state index in [0.717, 1.165) is 13.0 Å². The molecule has 0 bridgehead atoms. The average Bonchev–Trinajstić information content (AvgIpc) is 2.96. The second kappa shape index (κ2) is 6.31. The largest absolute Gasteiger partial charge is 0.372 e. The van der Waals surface area contributed by atoms with Crippen molar-refractivity contribution in [1.82, 2.24) is 0 Å². The Morgan fingerprint density at radius 2 is 2.24 bits per heavy atom. The molecule has 2 N–H and O–H groups in total. The third-order valence-electron chi connectivity index (χ3n) is 2.58. The van der Waals surface area contributed by atoms with Crippen LogP contribution in [-0.4, -0.2) is 12.6 Å². The van der Waals surface area contributed by atoms with Crippen LogP contribution in [-0.2, 0) is 11.2 Å². The van der Waals surface area contributed by atoms with Crippen LogP contribution < -0.4 is 5.73 Å². The van der Waals surface area contributed by atoms with Crippen LogP contribution in [0.3, 0.4) is 0 Å². The van der Waals surface area contributed by atoms with Gasteiger partial charge in [0.25, 0.3) is 0 Å². The minimum atomic E-state index is 0.0150. The first-order valence-corrected chi connectivity index (χ1v) is 7.51. The summed E-state index contributed by atoms with van der Waals surface area (Å²) in [5.74, 6) is 0. The molecule has 0 saturated carbocycles. The number of hydrogen-bond donors (Lipinski definition) is 1. The molecule has 4 heteroatoms. The molecule has 2 nitrogen and oxygen atoms in total. The minimum Gasteiger partial charge on any atom is -0.372 e. The maximum absolute atomic E-state index is 5.97. The lowest BCUT2D eigenvalue weighted by molar-refractivity contribution is 0.0409. The molecule has 2 rings (SSSR count). The van der Waals surface area contributed by atoms with Crippen LogP contribution in [0.2, 0.25) is 0 Å². The fraction of sp³-hybridized carbons (Fsp3) is 0.385. The van der Waals surface area contributed by atoms with E-state index < -0.39 is 0 Å². The van der Waals surface area contributed by atoms with Crippen LogP contribution in [0.4, 0.5) is 0 Å². The van der Waals surface area contributed by atoms with Gasteiger partial charge in [0, 0.05) is 17.3 Å². The molecule has 0 aliphatic heterocycles. The second-order valence-corrected chi connectivity index (χ2v) is 5.85. The number of nitrogens with two attached hydrogens (primary N) is 1. The van der Waals surface area contributed by atoms with E-state index in [4.69, 9.17) is 10.5 Å². The Labute approximate surface area is 110 Å². The molecule has 2 aromatic rings. The highest BCUT2D eigenvalue weighted by molar-refractivity contribution is 7.09. The third-order valence-corrected chi connectivity index (χ3v) is 4.21. The molecule has 17 heavy (non-hydrogen) atoms. The summed E-state index contributed by atoms with van der Waals surface area (Å²) in [6, 6.07) is 6.32. The first-order chi connectivity index (χ1) is 8.27. The van der Waals surface area contributed by atoms with E-state index in [1.807, 2.05) is 6.92 Å². The Hall–Kier alpha value is -0.680. The van der Waals surface area contributed by atoms with Crippen LogP contribution in [0, 0.1) is 0 Å². The Bertz CT molecular complexity index is 409. The summed E-state index contributed by atoms with van der Waals surface area (Å²) >= 11 is 3.45. The van der Waals surface area contributed by atoms with Gasteiger partial charge in [-0.05, 0) is 40.8 Å². The lowest BCUT2D eigenvalue weighted by Crippen LogP contribution is -2.27. The first-order valence-electron chi connectivity index (χ1n) is 5.69. The quantitative estimate of drug-likeness (QED) is 0.870. The van der Waals surface area contributed by atoms with Gasteiger partial charge in [-0.1, -0.05) is 6.07 Å². The predicted molar refractivity (Wildman–Crippen MR) is 74.7 cm³/mol. The van der Waals surface area contributed by atoms with Crippen molar-refractivity contribution >= 4 is 22.7 Å². The van der Waals surface area contributed by atoms with E-state index in [1.165, 1.54) is 10.4 Å². The maximum atomic E-state index is 5.97. The molecule has 0 aromatic carbocycles. The van der Waals surface area contributed by atoms with Crippen LogP contribution in [0.15, 0.2) is 34.3 Å². The summed E-state index contributed by atoms with van der Waals surface area (Å²) < 4.78 is 5.91. The van der Waals surface area contributed by atoms with Gasteiger partial charge < -0.3 is 10.5 Å². The van der Waals surface area contributed by atoms with Crippen molar-refractivity contribution in [1.29, 1.82) is 0 Å². The molecule has 0 radical (unpaired) electrons. The van der Waals surface area contributed by atoms with Crippen molar-refractivity contribution in [3.63, 3.8) is 0 Å². The topological polar surface area (TPSA) is 35.2 Å². The minimum absolute atomic E-state index is 0.0150. The van der Waals surface area contributed by atoms with Gasteiger partial charge >= 0.3 is 0 Å². The van der Waals surface area contributed by atoms with Gasteiger partial charge in [0.2, 0.25) is 0 Å². The van der Waals surface area contributed by atoms with E-state index in [2.05, 4.69) is 34.3 Å². The molecular weight excluding hydrogens is 250 g/mol. The molecule has 0 aliphatic carbocycles. The van der Waals surface area contributed by atoms with Gasteiger partial charge in [0.1, 0.15) is 0 Å². The number of rotatable bonds is 6. The SMILES string of the molecule is CC(N)C(OCCc1cccs1)c1ccsc1. The van der Waals surface area contributed by atoms with Crippen LogP contribution in [0.25, 0.3) is 0 Å². The Morgan fingerprint density at radius 3 is 2.82 bits per heavy atom. The highest BCUT2D eigenvalue weighted by Crippen LogP contribution is 2.23. The zero-order chi connectivity index (χ0) is 12.1. The van der Waals surface area contributed by atoms with Crippen molar-refractivity contribution in [3.8, 4) is 0 Å². The summed E-state index contributed by atoms with van der Waals surface area (Å²) in [6.07, 6.45) is 0.978. The second-order valence-electron chi connectivity index (χ2n) is 4.04. The molecule has 2 unspecified atom stereocenters. The summed E-state index contributed by atoms with van der Waals surface area (Å²) in [7, 11) is 0. The average molecular weight is 267 g/mol. The van der Waals surface area contributed by atoms with E-state index in [1.54, 1.807) is 22.7 Å². The van der Waals surface area contributed by atoms with E-state index in [-0.39, 0.29) is 12.1 Å². The predicted octanol–water partition coefficient (Wildman–Crippen LogP) is 3.46. The zero-order valence-electron chi connectivity index (χ0n) is 9.84. The van der Waals surface area contributed by atoms with Crippen LogP contribution >= 0.6 is 22.7 Å². The number of thiophene rings is 2. The highest BCUT2D eigenvalue weighted by Gasteiger charge is 2.17. The monoisotopic (exact) mass is 267 g/mol. The van der Waals surface area contributed by atoms with Gasteiger partial charge in [0.05, 0.1) is 12.7 Å². The van der Waals surface area contributed by atoms with E-state index in [0.29, 0.717) is 0 Å². The van der Waals surface area contributed by atoms with Gasteiger partial charge in [-0.25, -0.2) is 0 Å². The molecule has 0 spiro atoms.